The van der Waals surface area contributed by atoms with Crippen LogP contribution in [0.2, 0.25) is 10.0 Å². The Labute approximate surface area is 710 Å². The average molecular weight is 1830 g/mol. The van der Waals surface area contributed by atoms with Crippen LogP contribution in [0.15, 0.2) is 143 Å². The van der Waals surface area contributed by atoms with Crippen LogP contribution >= 0.6 is 73.1 Å². The van der Waals surface area contributed by atoms with Crippen LogP contribution in [0.1, 0.15) is 89.9 Å². The van der Waals surface area contributed by atoms with Gasteiger partial charge in [-0.15, -0.1) is 34.0 Å². The van der Waals surface area contributed by atoms with E-state index in [1.165, 1.54) is 91.2 Å². The second-order valence-corrected chi connectivity index (χ2v) is 33.6. The number of amidine groups is 3. The van der Waals surface area contributed by atoms with E-state index in [2.05, 4.69) is 51.8 Å². The van der Waals surface area contributed by atoms with Gasteiger partial charge in [0.1, 0.15) is 41.7 Å². The van der Waals surface area contributed by atoms with Crippen LogP contribution in [-0.4, -0.2) is 270 Å². The molecule has 0 radical (unpaired) electrons. The maximum Gasteiger partial charge on any atom is 0.338 e. The quantitative estimate of drug-likeness (QED) is 0.0139. The minimum atomic E-state index is -3.03. The Balaban J connectivity index is 0.000000188. The largest absolute Gasteiger partial charge is 0.480 e. The summed E-state index contributed by atoms with van der Waals surface area (Å²) < 4.78 is 133. The van der Waals surface area contributed by atoms with Crippen molar-refractivity contribution >= 4 is 126 Å². The summed E-state index contributed by atoms with van der Waals surface area (Å²) in [5.41, 5.74) is 2.74. The van der Waals surface area contributed by atoms with E-state index in [1.807, 2.05) is 4.90 Å². The second kappa shape index (κ2) is 42.2. The highest BCUT2D eigenvalue weighted by atomic mass is 79.9. The Hall–Kier alpha value is -8.74. The summed E-state index contributed by atoms with van der Waals surface area (Å²) in [4.78, 5) is 110. The Bertz CT molecular complexity index is 4610. The molecule has 119 heavy (non-hydrogen) atoms. The number of carboxylic acids is 3. The van der Waals surface area contributed by atoms with E-state index in [9.17, 15) is 63.9 Å². The van der Waals surface area contributed by atoms with Crippen molar-refractivity contribution in [3.05, 3.63) is 187 Å². The van der Waals surface area contributed by atoms with Gasteiger partial charge in [0.25, 0.3) is 11.8 Å². The van der Waals surface area contributed by atoms with E-state index in [0.717, 1.165) is 12.1 Å². The molecule has 0 aliphatic carbocycles. The molecule has 3 fully saturated rings. The van der Waals surface area contributed by atoms with Crippen LogP contribution in [0.3, 0.4) is 0 Å². The predicted molar refractivity (Wildman–Crippen MR) is 435 cm³/mol. The minimum absolute atomic E-state index is 0.0429. The number of carbonyl (C=O) groups is 6. The summed E-state index contributed by atoms with van der Waals surface area (Å²) in [5.74, 6) is -12.7. The lowest BCUT2D eigenvalue weighted by Crippen LogP contribution is -2.51. The predicted octanol–water partition coefficient (Wildman–Crippen LogP) is 11.3. The van der Waals surface area contributed by atoms with Gasteiger partial charge in [-0.3, -0.25) is 58.8 Å². The first-order valence-corrected chi connectivity index (χ1v) is 41.8. The Morgan fingerprint density at radius 1 is 0.513 bits per heavy atom. The number of aliphatic imine (C=N–C) groups is 3. The highest BCUT2D eigenvalue weighted by Crippen LogP contribution is 2.43. The van der Waals surface area contributed by atoms with Crippen molar-refractivity contribution in [2.24, 2.45) is 32.7 Å². The molecule has 6 aliphatic heterocycles. The van der Waals surface area contributed by atoms with Gasteiger partial charge in [-0.25, -0.2) is 64.5 Å². The van der Waals surface area contributed by atoms with Crippen molar-refractivity contribution in [2.75, 3.05) is 139 Å². The number of nitrogens with one attached hydrogen (secondary N) is 3. The van der Waals surface area contributed by atoms with E-state index < -0.39 is 114 Å². The Morgan fingerprint density at radius 3 is 1.17 bits per heavy atom. The van der Waals surface area contributed by atoms with Crippen LogP contribution in [0.4, 0.5) is 35.1 Å². The smallest absolute Gasteiger partial charge is 0.338 e. The number of aromatic nitrogens is 3. The summed E-state index contributed by atoms with van der Waals surface area (Å²) in [6, 6.07) is 8.84. The van der Waals surface area contributed by atoms with Gasteiger partial charge in [0.05, 0.1) is 69.3 Å². The van der Waals surface area contributed by atoms with E-state index in [-0.39, 0.29) is 137 Å². The zero-order chi connectivity index (χ0) is 86.2. The fourth-order valence-corrected chi connectivity index (χ4v) is 18.0. The van der Waals surface area contributed by atoms with Crippen molar-refractivity contribution in [3.63, 3.8) is 0 Å². The Morgan fingerprint density at radius 2 is 0.840 bits per heavy atom. The lowest BCUT2D eigenvalue weighted by atomic mass is 9.92. The summed E-state index contributed by atoms with van der Waals surface area (Å²) >= 11 is 20.1. The zero-order valence-electron chi connectivity index (χ0n) is 65.3. The number of carbonyl (C=O) groups excluding carboxylic acids is 3. The molecule has 7 atom stereocenters. The number of ether oxygens (including phenoxy) is 3. The van der Waals surface area contributed by atoms with Crippen molar-refractivity contribution in [3.8, 4) is 0 Å². The molecule has 0 saturated carbocycles. The minimum Gasteiger partial charge on any atom is -0.480 e. The second-order valence-electron chi connectivity index (χ2n) is 29.2. The summed E-state index contributed by atoms with van der Waals surface area (Å²) in [6.45, 7) is 5.42. The first-order valence-electron chi connectivity index (χ1n) is 37.6. The molecule has 41 heteroatoms. The average Bonchev–Trinajstić information content (AvgIpc) is 1.43. The molecule has 27 nitrogen and oxygen atoms in total. The molecule has 4 unspecified atom stereocenters. The summed E-state index contributed by atoms with van der Waals surface area (Å²) in [6.07, 6.45) is 3.25. The number of likely N-dealkylation sites (N-methyl/N-ethyl adjacent to an activating group) is 3. The number of aliphatic carboxylic acids is 3. The molecule has 6 N–H and O–H groups in total. The van der Waals surface area contributed by atoms with Crippen molar-refractivity contribution in [1.29, 1.82) is 0 Å². The number of carboxylic acid groups (broad SMARTS) is 3. The summed E-state index contributed by atoms with van der Waals surface area (Å²) in [5, 5.41) is 43.8. The maximum absolute atomic E-state index is 14.9. The van der Waals surface area contributed by atoms with Crippen LogP contribution in [0, 0.1) is 35.2 Å². The van der Waals surface area contributed by atoms with Gasteiger partial charge in [-0.1, -0.05) is 57.3 Å². The number of nitrogens with zero attached hydrogens (tertiary/aromatic N) is 12. The number of esters is 3. The van der Waals surface area contributed by atoms with Crippen LogP contribution in [0.25, 0.3) is 0 Å². The highest BCUT2D eigenvalue weighted by molar-refractivity contribution is 9.10. The number of piperidine rings is 3. The normalized spacial score (nSPS) is 21.5. The first-order chi connectivity index (χ1) is 56.5. The standard InChI is InChI=1S/C26H29BrF3N5O4S.C26H29ClF3N5O4S.C26H30ClF2N5O4S/c2*1-3-39-25(38)21-19(12-35-11-15(9-26(29,30)14-35)10-34(2)13-20(36)37)32-23(24-31-6-7-40-24)33-22(21)17-5-4-16(28)8-18(17)27;1-3-38-26(37)22-20(13-34-11-15(8-17(29)12-34)10-33(2)14-21(35)36)31-24(25-30-6-7-39-25)32-23(22)18-5-4-16(28)9-19(18)27/h2*4-8,15,22H,3,9-14H2,1-2H3,(H,32,33)(H,36,37);4-7,9,15,17,23H,3,8,10-14H2,1-2H3,(H,31,32)(H,35,36)/t2*15?,22-;15?,17?,23-/m000/s1. The number of rotatable bonds is 30. The van der Waals surface area contributed by atoms with Crippen LogP contribution in [-0.2, 0) is 43.0 Å². The SMILES string of the molecule is CCOC(=O)C1=C(CN2CC(CN(C)CC(=O)O)CC(F)(F)C2)NC(c2nccs2)=N[C@H]1c1ccc(F)cc1Br.CCOC(=O)C1=C(CN2CC(CN(C)CC(=O)O)CC(F)(F)C2)NC(c2nccs2)=N[C@H]1c1ccc(F)cc1Cl.CCOC(=O)C1=C(CN2CC(F)CC(CN(C)CC(=O)O)C2)NC(c2nccs2)=N[C@H]1c1ccc(F)cc1Cl. The number of benzene rings is 3. The van der Waals surface area contributed by atoms with Crippen molar-refractivity contribution in [1.82, 2.24) is 60.3 Å². The fraction of sp³-hybridized carbons (Fsp3) is 0.462. The van der Waals surface area contributed by atoms with Crippen LogP contribution < -0.4 is 16.0 Å². The molecule has 0 bridgehead atoms. The molecule has 3 aromatic heterocycles. The Kier molecular flexibility index (Phi) is 32.8. The van der Waals surface area contributed by atoms with E-state index in [1.54, 1.807) is 86.4 Å². The molecule has 6 aromatic rings. The van der Waals surface area contributed by atoms with Gasteiger partial charge in [0.15, 0.2) is 32.5 Å². The topological polar surface area (TPSA) is 322 Å². The lowest BCUT2D eigenvalue weighted by Gasteiger charge is -2.40. The third kappa shape index (κ3) is 25.9. The molecule has 9 heterocycles. The lowest BCUT2D eigenvalue weighted by molar-refractivity contribution is -0.140. The monoisotopic (exact) mass is 1820 g/mol. The van der Waals surface area contributed by atoms with Gasteiger partial charge in [0, 0.05) is 156 Å². The van der Waals surface area contributed by atoms with Gasteiger partial charge in [-0.2, -0.15) is 0 Å². The first kappa shape index (κ1) is 92.5. The number of thiazole rings is 3. The molecular formula is C78H88BrCl2F8N15O12S3. The molecule has 0 spiro atoms. The number of halogens is 11. The number of likely N-dealkylation sites (tertiary alicyclic amines) is 3. The molecule has 0 amide bonds. The van der Waals surface area contributed by atoms with E-state index >= 15 is 0 Å². The van der Waals surface area contributed by atoms with Crippen molar-refractivity contribution < 1.29 is 93.4 Å². The molecular weight excluding hydrogens is 1740 g/mol. The van der Waals surface area contributed by atoms with Gasteiger partial charge in [-0.05, 0) is 108 Å². The molecule has 12 rings (SSSR count). The fourth-order valence-electron chi connectivity index (χ4n) is 15.2. The molecule has 3 saturated heterocycles. The van der Waals surface area contributed by atoms with Crippen molar-refractivity contribution in [2.45, 2.75) is 76.2 Å². The third-order valence-corrected chi connectivity index (χ3v) is 23.0. The third-order valence-electron chi connectivity index (χ3n) is 19.3. The van der Waals surface area contributed by atoms with Gasteiger partial charge < -0.3 is 45.5 Å². The zero-order valence-corrected chi connectivity index (χ0v) is 70.9. The number of hydrogen-bond donors (Lipinski definition) is 6. The van der Waals surface area contributed by atoms with Gasteiger partial charge >= 0.3 is 35.8 Å². The maximum atomic E-state index is 14.9. The van der Waals surface area contributed by atoms with Crippen LogP contribution in [0.5, 0.6) is 0 Å². The van der Waals surface area contributed by atoms with Gasteiger partial charge in [0.2, 0.25) is 0 Å². The molecule has 642 valence electrons. The molecule has 6 aliphatic rings. The highest BCUT2D eigenvalue weighted by Gasteiger charge is 2.46. The number of hydrogen-bond acceptors (Lipinski definition) is 27. The van der Waals surface area contributed by atoms with E-state index in [0.29, 0.717) is 90.3 Å². The molecule has 3 aromatic carbocycles. The number of alkyl halides is 5. The summed E-state index contributed by atoms with van der Waals surface area (Å²) in [7, 11) is 4.85. The van der Waals surface area contributed by atoms with E-state index in [4.69, 9.17) is 62.7 Å².